The lowest BCUT2D eigenvalue weighted by molar-refractivity contribution is -0.140. The van der Waals surface area contributed by atoms with E-state index < -0.39 is 27.4 Å². The van der Waals surface area contributed by atoms with Crippen molar-refractivity contribution in [1.82, 2.24) is 14.9 Å². The first kappa shape index (κ1) is 20.3. The van der Waals surface area contributed by atoms with E-state index in [-0.39, 0.29) is 11.4 Å². The highest BCUT2D eigenvalue weighted by molar-refractivity contribution is 7.89. The molecule has 0 bridgehead atoms. The number of morpholine rings is 1. The van der Waals surface area contributed by atoms with E-state index in [0.29, 0.717) is 31.9 Å². The van der Waals surface area contributed by atoms with Crippen molar-refractivity contribution in [1.29, 1.82) is 0 Å². The molecule has 2 amide bonds. The second kappa shape index (κ2) is 8.15. The maximum atomic E-state index is 12.5. The lowest BCUT2D eigenvalue weighted by Gasteiger charge is -2.26. The van der Waals surface area contributed by atoms with Crippen LogP contribution in [0.25, 0.3) is 0 Å². The minimum atomic E-state index is -3.54. The molecular formula is C17H25N3O5S. The standard InChI is InChI=1S/C17H25N3O5S/c1-17(2,3)19-16(22)15(21)18-12-13-4-6-14(7-5-13)26(23,24)20-8-10-25-11-9-20/h4-7H,8-12H2,1-3H3,(H,18,21)(H,19,22). The van der Waals surface area contributed by atoms with Crippen molar-refractivity contribution < 1.29 is 22.7 Å². The number of amides is 2. The summed E-state index contributed by atoms with van der Waals surface area (Å²) < 4.78 is 31.6. The first-order valence-corrected chi connectivity index (χ1v) is 9.81. The van der Waals surface area contributed by atoms with Crippen molar-refractivity contribution >= 4 is 21.8 Å². The van der Waals surface area contributed by atoms with Crippen LogP contribution >= 0.6 is 0 Å². The van der Waals surface area contributed by atoms with E-state index in [2.05, 4.69) is 10.6 Å². The summed E-state index contributed by atoms with van der Waals surface area (Å²) in [7, 11) is -3.54. The van der Waals surface area contributed by atoms with Gasteiger partial charge in [-0.25, -0.2) is 8.42 Å². The minimum absolute atomic E-state index is 0.133. The quantitative estimate of drug-likeness (QED) is 0.725. The second-order valence-electron chi connectivity index (χ2n) is 7.05. The molecule has 1 aromatic rings. The van der Waals surface area contributed by atoms with E-state index in [1.54, 1.807) is 32.9 Å². The number of carbonyl (C=O) groups is 2. The van der Waals surface area contributed by atoms with Crippen molar-refractivity contribution in [3.63, 3.8) is 0 Å². The van der Waals surface area contributed by atoms with E-state index in [1.165, 1.54) is 16.4 Å². The normalized spacial score (nSPS) is 16.1. The number of ether oxygens (including phenoxy) is 1. The Balaban J connectivity index is 1.95. The van der Waals surface area contributed by atoms with Crippen molar-refractivity contribution in [2.45, 2.75) is 37.8 Å². The van der Waals surface area contributed by atoms with Crippen molar-refractivity contribution in [2.24, 2.45) is 0 Å². The second-order valence-corrected chi connectivity index (χ2v) is 8.99. The molecule has 0 aliphatic carbocycles. The largest absolute Gasteiger partial charge is 0.379 e. The molecule has 0 radical (unpaired) electrons. The fourth-order valence-electron chi connectivity index (χ4n) is 2.38. The zero-order valence-corrected chi connectivity index (χ0v) is 16.1. The SMILES string of the molecule is CC(C)(C)NC(=O)C(=O)NCc1ccc(S(=O)(=O)N2CCOCC2)cc1. The van der Waals surface area contributed by atoms with Gasteiger partial charge in [-0.2, -0.15) is 4.31 Å². The average molecular weight is 383 g/mol. The molecule has 0 spiro atoms. The van der Waals surface area contributed by atoms with Gasteiger partial charge in [-0.15, -0.1) is 0 Å². The lowest BCUT2D eigenvalue weighted by Crippen LogP contribution is -2.48. The Morgan fingerprint density at radius 3 is 2.19 bits per heavy atom. The van der Waals surface area contributed by atoms with Crippen LogP contribution in [-0.2, 0) is 30.9 Å². The molecule has 1 aliphatic heterocycles. The van der Waals surface area contributed by atoms with Crippen LogP contribution in [0.1, 0.15) is 26.3 Å². The molecular weight excluding hydrogens is 358 g/mol. The van der Waals surface area contributed by atoms with E-state index in [0.717, 1.165) is 0 Å². The van der Waals surface area contributed by atoms with Gasteiger partial charge in [0.05, 0.1) is 18.1 Å². The van der Waals surface area contributed by atoms with Crippen molar-refractivity contribution in [3.05, 3.63) is 29.8 Å². The molecule has 144 valence electrons. The number of nitrogens with one attached hydrogen (secondary N) is 2. The van der Waals surface area contributed by atoms with Gasteiger partial charge in [0.1, 0.15) is 0 Å². The molecule has 8 nitrogen and oxygen atoms in total. The van der Waals surface area contributed by atoms with Crippen LogP contribution in [-0.4, -0.2) is 56.4 Å². The van der Waals surface area contributed by atoms with Gasteiger partial charge >= 0.3 is 11.8 Å². The summed E-state index contributed by atoms with van der Waals surface area (Å²) >= 11 is 0. The van der Waals surface area contributed by atoms with Gasteiger partial charge in [0, 0.05) is 25.2 Å². The number of nitrogens with zero attached hydrogens (tertiary/aromatic N) is 1. The monoisotopic (exact) mass is 383 g/mol. The van der Waals surface area contributed by atoms with Crippen LogP contribution in [0.2, 0.25) is 0 Å². The summed E-state index contributed by atoms with van der Waals surface area (Å²) in [5.74, 6) is -1.44. The number of benzene rings is 1. The Kier molecular flexibility index (Phi) is 6.38. The average Bonchev–Trinajstić information content (AvgIpc) is 2.59. The van der Waals surface area contributed by atoms with Crippen LogP contribution in [0, 0.1) is 0 Å². The number of carbonyl (C=O) groups excluding carboxylic acids is 2. The molecule has 0 saturated carbocycles. The predicted molar refractivity (Wildman–Crippen MR) is 95.8 cm³/mol. The van der Waals surface area contributed by atoms with E-state index >= 15 is 0 Å². The van der Waals surface area contributed by atoms with Gasteiger partial charge in [-0.05, 0) is 38.5 Å². The van der Waals surface area contributed by atoms with Crippen LogP contribution < -0.4 is 10.6 Å². The highest BCUT2D eigenvalue weighted by Crippen LogP contribution is 2.17. The first-order chi connectivity index (χ1) is 12.1. The molecule has 1 aliphatic rings. The van der Waals surface area contributed by atoms with Crippen LogP contribution in [0.4, 0.5) is 0 Å². The molecule has 1 saturated heterocycles. The molecule has 1 aromatic carbocycles. The molecule has 2 N–H and O–H groups in total. The lowest BCUT2D eigenvalue weighted by atomic mass is 10.1. The highest BCUT2D eigenvalue weighted by atomic mass is 32.2. The Morgan fingerprint density at radius 2 is 1.65 bits per heavy atom. The third-order valence-electron chi connectivity index (χ3n) is 3.68. The Morgan fingerprint density at radius 1 is 1.08 bits per heavy atom. The third-order valence-corrected chi connectivity index (χ3v) is 5.59. The molecule has 0 atom stereocenters. The highest BCUT2D eigenvalue weighted by Gasteiger charge is 2.26. The zero-order valence-electron chi connectivity index (χ0n) is 15.2. The van der Waals surface area contributed by atoms with E-state index in [4.69, 9.17) is 4.74 Å². The molecule has 0 aromatic heterocycles. The number of hydrogen-bond donors (Lipinski definition) is 2. The summed E-state index contributed by atoms with van der Waals surface area (Å²) in [5, 5.41) is 5.09. The van der Waals surface area contributed by atoms with E-state index in [1.807, 2.05) is 0 Å². The summed E-state index contributed by atoms with van der Waals surface area (Å²) in [4.78, 5) is 23.7. The molecule has 1 heterocycles. The molecule has 1 fully saturated rings. The topological polar surface area (TPSA) is 105 Å². The van der Waals surface area contributed by atoms with Crippen molar-refractivity contribution in [2.75, 3.05) is 26.3 Å². The van der Waals surface area contributed by atoms with Crippen LogP contribution in [0.15, 0.2) is 29.2 Å². The summed E-state index contributed by atoms with van der Waals surface area (Å²) in [6, 6.07) is 6.24. The van der Waals surface area contributed by atoms with Gasteiger partial charge in [-0.3, -0.25) is 9.59 Å². The Bertz CT molecular complexity index is 748. The maximum Gasteiger partial charge on any atom is 0.309 e. The Hall–Kier alpha value is -1.97. The smallest absolute Gasteiger partial charge is 0.309 e. The fourth-order valence-corrected chi connectivity index (χ4v) is 3.78. The number of sulfonamides is 1. The molecule has 2 rings (SSSR count). The number of rotatable bonds is 4. The van der Waals surface area contributed by atoms with Crippen LogP contribution in [0.3, 0.4) is 0 Å². The van der Waals surface area contributed by atoms with E-state index in [9.17, 15) is 18.0 Å². The number of hydrogen-bond acceptors (Lipinski definition) is 5. The minimum Gasteiger partial charge on any atom is -0.379 e. The van der Waals surface area contributed by atoms with Gasteiger partial charge in [-0.1, -0.05) is 12.1 Å². The van der Waals surface area contributed by atoms with Gasteiger partial charge < -0.3 is 15.4 Å². The molecule has 26 heavy (non-hydrogen) atoms. The molecule has 0 unspecified atom stereocenters. The van der Waals surface area contributed by atoms with Gasteiger partial charge in [0.25, 0.3) is 0 Å². The van der Waals surface area contributed by atoms with Crippen LogP contribution in [0.5, 0.6) is 0 Å². The van der Waals surface area contributed by atoms with Crippen molar-refractivity contribution in [3.8, 4) is 0 Å². The first-order valence-electron chi connectivity index (χ1n) is 8.37. The summed E-state index contributed by atoms with van der Waals surface area (Å²) in [6.45, 7) is 6.93. The fraction of sp³-hybridized carbons (Fsp3) is 0.529. The van der Waals surface area contributed by atoms with Gasteiger partial charge in [0.2, 0.25) is 10.0 Å². The molecule has 9 heteroatoms. The third kappa shape index (κ3) is 5.52. The predicted octanol–water partition coefficient (Wildman–Crippen LogP) is 0.238. The summed E-state index contributed by atoms with van der Waals surface area (Å²) in [6.07, 6.45) is 0. The van der Waals surface area contributed by atoms with Gasteiger partial charge in [0.15, 0.2) is 0 Å². The zero-order chi connectivity index (χ0) is 19.4. The summed E-state index contributed by atoms with van der Waals surface area (Å²) in [5.41, 5.74) is 0.201. The Labute approximate surface area is 153 Å². The maximum absolute atomic E-state index is 12.5.